The molecule has 0 bridgehead atoms. The topological polar surface area (TPSA) is 49.4 Å². The molecule has 4 nitrogen and oxygen atoms in total. The third kappa shape index (κ3) is 3.12. The van der Waals surface area contributed by atoms with Crippen molar-refractivity contribution in [3.8, 4) is 0 Å². The van der Waals surface area contributed by atoms with Crippen LogP contribution in [0.2, 0.25) is 5.02 Å². The predicted octanol–water partition coefficient (Wildman–Crippen LogP) is 3.32. The van der Waals surface area contributed by atoms with E-state index in [-0.39, 0.29) is 18.2 Å². The van der Waals surface area contributed by atoms with Gasteiger partial charge in [0.15, 0.2) is 0 Å². The molecular weight excluding hydrogens is 300 g/mol. The van der Waals surface area contributed by atoms with E-state index >= 15 is 0 Å². The van der Waals surface area contributed by atoms with Crippen LogP contribution >= 0.6 is 11.6 Å². The number of carbonyl (C=O) groups excluding carboxylic acids is 2. The highest BCUT2D eigenvalue weighted by Crippen LogP contribution is 2.25. The molecule has 1 aliphatic rings. The van der Waals surface area contributed by atoms with E-state index < -0.39 is 0 Å². The number of halogens is 1. The Morgan fingerprint density at radius 1 is 1.18 bits per heavy atom. The second-order valence-electron chi connectivity index (χ2n) is 5.19. The van der Waals surface area contributed by atoms with Crippen LogP contribution in [0.25, 0.3) is 0 Å². The van der Waals surface area contributed by atoms with Gasteiger partial charge in [0, 0.05) is 35.8 Å². The minimum atomic E-state index is -0.104. The van der Waals surface area contributed by atoms with Crippen LogP contribution in [0, 0.1) is 0 Å². The first-order valence-corrected chi connectivity index (χ1v) is 7.44. The van der Waals surface area contributed by atoms with Gasteiger partial charge in [-0.25, -0.2) is 0 Å². The van der Waals surface area contributed by atoms with Gasteiger partial charge in [-0.05, 0) is 29.8 Å². The molecule has 0 spiro atoms. The van der Waals surface area contributed by atoms with Gasteiger partial charge in [0.2, 0.25) is 5.91 Å². The zero-order chi connectivity index (χ0) is 15.5. The molecule has 5 heteroatoms. The Kier molecular flexibility index (Phi) is 4.11. The summed E-state index contributed by atoms with van der Waals surface area (Å²) in [7, 11) is 0. The van der Waals surface area contributed by atoms with E-state index in [0.717, 1.165) is 11.3 Å². The molecule has 1 N–H and O–H groups in total. The average molecular weight is 315 g/mol. The number of carbonyl (C=O) groups is 2. The van der Waals surface area contributed by atoms with Gasteiger partial charge in [-0.1, -0.05) is 35.9 Å². The van der Waals surface area contributed by atoms with Crippen molar-refractivity contribution >= 4 is 29.1 Å². The zero-order valence-electron chi connectivity index (χ0n) is 11.9. The molecule has 0 aliphatic carbocycles. The van der Waals surface area contributed by atoms with Crippen LogP contribution in [0.15, 0.2) is 48.5 Å². The molecule has 0 unspecified atom stereocenters. The quantitative estimate of drug-likeness (QED) is 0.941. The lowest BCUT2D eigenvalue weighted by molar-refractivity contribution is -0.116. The first-order chi connectivity index (χ1) is 10.6. The highest BCUT2D eigenvalue weighted by atomic mass is 35.5. The van der Waals surface area contributed by atoms with Crippen molar-refractivity contribution in [2.24, 2.45) is 0 Å². The van der Waals surface area contributed by atoms with Gasteiger partial charge in [0.05, 0.1) is 0 Å². The molecule has 0 aromatic heterocycles. The summed E-state index contributed by atoms with van der Waals surface area (Å²) in [6.45, 7) is 0.924. The van der Waals surface area contributed by atoms with Crippen LogP contribution in [0.1, 0.15) is 22.3 Å². The molecule has 2 amide bonds. The van der Waals surface area contributed by atoms with Crippen LogP contribution < -0.4 is 5.32 Å². The Balaban J connectivity index is 1.57. The van der Waals surface area contributed by atoms with Gasteiger partial charge in [-0.15, -0.1) is 0 Å². The Hall–Kier alpha value is -2.33. The molecule has 0 saturated carbocycles. The van der Waals surface area contributed by atoms with Crippen molar-refractivity contribution < 1.29 is 9.59 Å². The molecular formula is C17H15ClN2O2. The van der Waals surface area contributed by atoms with Crippen LogP contribution in [0.4, 0.5) is 5.69 Å². The van der Waals surface area contributed by atoms with E-state index in [1.165, 1.54) is 0 Å². The Labute approximate surface area is 133 Å². The third-order valence-corrected chi connectivity index (χ3v) is 3.85. The summed E-state index contributed by atoms with van der Waals surface area (Å²) >= 11 is 5.92. The first kappa shape index (κ1) is 14.6. The summed E-state index contributed by atoms with van der Waals surface area (Å²) in [5, 5.41) is 3.36. The average Bonchev–Trinajstić information content (AvgIpc) is 2.82. The summed E-state index contributed by atoms with van der Waals surface area (Å²) in [6.07, 6.45) is 0.266. The van der Waals surface area contributed by atoms with Gasteiger partial charge in [0.25, 0.3) is 5.91 Å². The summed E-state index contributed by atoms with van der Waals surface area (Å²) in [5.74, 6) is -0.169. The molecule has 1 heterocycles. The van der Waals surface area contributed by atoms with E-state index in [1.54, 1.807) is 17.0 Å². The summed E-state index contributed by atoms with van der Waals surface area (Å²) in [4.78, 5) is 25.9. The summed E-state index contributed by atoms with van der Waals surface area (Å²) < 4.78 is 0. The maximum atomic E-state index is 12.3. The number of amides is 2. The second-order valence-corrected chi connectivity index (χ2v) is 5.63. The molecule has 3 rings (SSSR count). The molecule has 22 heavy (non-hydrogen) atoms. The van der Waals surface area contributed by atoms with Gasteiger partial charge in [-0.3, -0.25) is 9.59 Å². The highest BCUT2D eigenvalue weighted by Gasteiger charge is 2.27. The van der Waals surface area contributed by atoms with E-state index in [0.29, 0.717) is 23.7 Å². The van der Waals surface area contributed by atoms with Crippen LogP contribution in [0.5, 0.6) is 0 Å². The largest absolute Gasteiger partial charge is 0.334 e. The number of fused-ring (bicyclic) bond motifs is 1. The van der Waals surface area contributed by atoms with Crippen LogP contribution in [0.3, 0.4) is 0 Å². The van der Waals surface area contributed by atoms with Crippen molar-refractivity contribution in [2.45, 2.75) is 13.0 Å². The SMILES string of the molecule is O=C(CCN1Cc2ccc(Cl)cc2C1=O)Nc1ccccc1. The number of rotatable bonds is 4. The van der Waals surface area contributed by atoms with Crippen LogP contribution in [-0.4, -0.2) is 23.3 Å². The number of hydrogen-bond acceptors (Lipinski definition) is 2. The molecule has 0 fully saturated rings. The summed E-state index contributed by atoms with van der Waals surface area (Å²) in [5.41, 5.74) is 2.35. The zero-order valence-corrected chi connectivity index (χ0v) is 12.6. The molecule has 112 valence electrons. The minimum Gasteiger partial charge on any atom is -0.334 e. The van der Waals surface area contributed by atoms with Gasteiger partial charge in [0.1, 0.15) is 0 Å². The number of para-hydroxylation sites is 1. The standard InChI is InChI=1S/C17H15ClN2O2/c18-13-7-6-12-11-20(17(22)15(12)10-13)9-8-16(21)19-14-4-2-1-3-5-14/h1-7,10H,8-9,11H2,(H,19,21). The fourth-order valence-electron chi connectivity index (χ4n) is 2.50. The van der Waals surface area contributed by atoms with E-state index in [9.17, 15) is 9.59 Å². The first-order valence-electron chi connectivity index (χ1n) is 7.06. The lowest BCUT2D eigenvalue weighted by Gasteiger charge is -2.15. The van der Waals surface area contributed by atoms with Gasteiger partial charge >= 0.3 is 0 Å². The molecule has 2 aromatic carbocycles. The fourth-order valence-corrected chi connectivity index (χ4v) is 2.67. The second kappa shape index (κ2) is 6.20. The summed E-state index contributed by atoms with van der Waals surface area (Å²) in [6, 6.07) is 14.6. The van der Waals surface area contributed by atoms with Gasteiger partial charge in [-0.2, -0.15) is 0 Å². The van der Waals surface area contributed by atoms with Gasteiger partial charge < -0.3 is 10.2 Å². The van der Waals surface area contributed by atoms with E-state index in [4.69, 9.17) is 11.6 Å². The molecule has 0 atom stereocenters. The highest BCUT2D eigenvalue weighted by molar-refractivity contribution is 6.31. The lowest BCUT2D eigenvalue weighted by atomic mass is 10.1. The molecule has 0 saturated heterocycles. The lowest BCUT2D eigenvalue weighted by Crippen LogP contribution is -2.28. The Morgan fingerprint density at radius 3 is 2.73 bits per heavy atom. The maximum Gasteiger partial charge on any atom is 0.254 e. The number of nitrogens with zero attached hydrogens (tertiary/aromatic N) is 1. The van der Waals surface area contributed by atoms with Crippen molar-refractivity contribution in [1.82, 2.24) is 4.90 Å². The molecule has 1 aliphatic heterocycles. The Bertz CT molecular complexity index is 716. The van der Waals surface area contributed by atoms with Crippen molar-refractivity contribution in [1.29, 1.82) is 0 Å². The monoisotopic (exact) mass is 314 g/mol. The minimum absolute atomic E-state index is 0.0648. The fraction of sp³-hybridized carbons (Fsp3) is 0.176. The van der Waals surface area contributed by atoms with E-state index in [1.807, 2.05) is 36.4 Å². The number of hydrogen-bond donors (Lipinski definition) is 1. The van der Waals surface area contributed by atoms with Crippen molar-refractivity contribution in [2.75, 3.05) is 11.9 Å². The normalized spacial score (nSPS) is 13.1. The number of anilines is 1. The van der Waals surface area contributed by atoms with Crippen molar-refractivity contribution in [3.63, 3.8) is 0 Å². The van der Waals surface area contributed by atoms with Crippen LogP contribution in [-0.2, 0) is 11.3 Å². The smallest absolute Gasteiger partial charge is 0.254 e. The van der Waals surface area contributed by atoms with E-state index in [2.05, 4.69) is 5.32 Å². The van der Waals surface area contributed by atoms with Crippen molar-refractivity contribution in [3.05, 3.63) is 64.7 Å². The number of benzene rings is 2. The predicted molar refractivity (Wildman–Crippen MR) is 85.9 cm³/mol. The Morgan fingerprint density at radius 2 is 1.95 bits per heavy atom. The third-order valence-electron chi connectivity index (χ3n) is 3.62. The molecule has 0 radical (unpaired) electrons. The molecule has 2 aromatic rings. The number of nitrogens with one attached hydrogen (secondary N) is 1. The maximum absolute atomic E-state index is 12.3.